The second kappa shape index (κ2) is 3.89. The molecule has 1 aromatic carbocycles. The maximum absolute atomic E-state index is 13.5. The highest BCUT2D eigenvalue weighted by Gasteiger charge is 2.40. The standard InChI is InChI=1S/C12H14F2O/c1-2-7-9(6-11(7)15)8-4-3-5-10(13)12(8)14/h3-5,7,9,11,15H,2,6H2,1H3. The maximum Gasteiger partial charge on any atom is 0.162 e. The van der Waals surface area contributed by atoms with Crippen LogP contribution in [0, 0.1) is 17.6 Å². The summed E-state index contributed by atoms with van der Waals surface area (Å²) in [5, 5.41) is 9.48. The Morgan fingerprint density at radius 1 is 1.40 bits per heavy atom. The van der Waals surface area contributed by atoms with Crippen molar-refractivity contribution in [2.45, 2.75) is 31.8 Å². The number of aliphatic hydroxyl groups excluding tert-OH is 1. The van der Waals surface area contributed by atoms with Crippen LogP contribution < -0.4 is 0 Å². The lowest BCUT2D eigenvalue weighted by atomic mass is 9.66. The van der Waals surface area contributed by atoms with Gasteiger partial charge in [-0.1, -0.05) is 25.5 Å². The van der Waals surface area contributed by atoms with Crippen molar-refractivity contribution in [3.05, 3.63) is 35.4 Å². The summed E-state index contributed by atoms with van der Waals surface area (Å²) in [6, 6.07) is 4.25. The van der Waals surface area contributed by atoms with Gasteiger partial charge in [0.15, 0.2) is 11.6 Å². The number of halogens is 2. The monoisotopic (exact) mass is 212 g/mol. The van der Waals surface area contributed by atoms with Crippen molar-refractivity contribution in [3.8, 4) is 0 Å². The Hall–Kier alpha value is -0.960. The third-order valence-electron chi connectivity index (χ3n) is 3.36. The van der Waals surface area contributed by atoms with Gasteiger partial charge in [-0.05, 0) is 29.9 Å². The molecule has 0 saturated heterocycles. The smallest absolute Gasteiger partial charge is 0.162 e. The Morgan fingerprint density at radius 3 is 2.73 bits per heavy atom. The van der Waals surface area contributed by atoms with Gasteiger partial charge in [0.1, 0.15) is 0 Å². The molecule has 0 aromatic heterocycles. The Balaban J connectivity index is 2.27. The van der Waals surface area contributed by atoms with Crippen molar-refractivity contribution in [2.24, 2.45) is 5.92 Å². The van der Waals surface area contributed by atoms with E-state index in [0.29, 0.717) is 12.0 Å². The third-order valence-corrected chi connectivity index (χ3v) is 3.36. The molecule has 0 aliphatic heterocycles. The van der Waals surface area contributed by atoms with Crippen LogP contribution in [0.5, 0.6) is 0 Å². The van der Waals surface area contributed by atoms with Crippen LogP contribution in [-0.2, 0) is 0 Å². The predicted molar refractivity (Wildman–Crippen MR) is 53.5 cm³/mol. The average Bonchev–Trinajstić information content (AvgIpc) is 2.20. The number of benzene rings is 1. The topological polar surface area (TPSA) is 20.2 Å². The van der Waals surface area contributed by atoms with Gasteiger partial charge >= 0.3 is 0 Å². The minimum absolute atomic E-state index is 0.0271. The molecule has 0 bridgehead atoms. The molecule has 82 valence electrons. The summed E-state index contributed by atoms with van der Waals surface area (Å²) in [5.41, 5.74) is 0.409. The summed E-state index contributed by atoms with van der Waals surface area (Å²) >= 11 is 0. The van der Waals surface area contributed by atoms with Crippen molar-refractivity contribution in [1.29, 1.82) is 0 Å². The molecule has 1 aliphatic rings. The highest BCUT2D eigenvalue weighted by Crippen LogP contribution is 2.45. The molecule has 3 heteroatoms. The van der Waals surface area contributed by atoms with Crippen LogP contribution in [0.4, 0.5) is 8.78 Å². The van der Waals surface area contributed by atoms with Crippen molar-refractivity contribution < 1.29 is 13.9 Å². The zero-order valence-electron chi connectivity index (χ0n) is 8.58. The average molecular weight is 212 g/mol. The van der Waals surface area contributed by atoms with E-state index in [1.807, 2.05) is 6.92 Å². The summed E-state index contributed by atoms with van der Waals surface area (Å²) in [4.78, 5) is 0. The maximum atomic E-state index is 13.5. The first-order valence-electron chi connectivity index (χ1n) is 5.27. The molecule has 0 spiro atoms. The fourth-order valence-corrected chi connectivity index (χ4v) is 2.40. The van der Waals surface area contributed by atoms with E-state index in [1.165, 1.54) is 6.07 Å². The summed E-state index contributed by atoms with van der Waals surface area (Å²) in [6.07, 6.45) is 0.975. The van der Waals surface area contributed by atoms with Crippen molar-refractivity contribution >= 4 is 0 Å². The molecule has 0 heterocycles. The van der Waals surface area contributed by atoms with Gasteiger partial charge in [0.05, 0.1) is 6.10 Å². The molecule has 3 unspecified atom stereocenters. The summed E-state index contributed by atoms with van der Waals surface area (Å²) < 4.78 is 26.4. The zero-order valence-corrected chi connectivity index (χ0v) is 8.58. The van der Waals surface area contributed by atoms with Gasteiger partial charge in [-0.15, -0.1) is 0 Å². The second-order valence-electron chi connectivity index (χ2n) is 4.12. The molecule has 0 radical (unpaired) electrons. The highest BCUT2D eigenvalue weighted by molar-refractivity contribution is 5.26. The van der Waals surface area contributed by atoms with Gasteiger partial charge in [0.2, 0.25) is 0 Å². The van der Waals surface area contributed by atoms with Gasteiger partial charge in [0.25, 0.3) is 0 Å². The number of rotatable bonds is 2. The van der Waals surface area contributed by atoms with Crippen molar-refractivity contribution in [2.75, 3.05) is 0 Å². The molecule has 2 rings (SSSR count). The van der Waals surface area contributed by atoms with Crippen LogP contribution >= 0.6 is 0 Å². The largest absolute Gasteiger partial charge is 0.393 e. The lowest BCUT2D eigenvalue weighted by Crippen LogP contribution is -2.39. The van der Waals surface area contributed by atoms with E-state index in [0.717, 1.165) is 12.5 Å². The Morgan fingerprint density at radius 2 is 2.13 bits per heavy atom. The van der Waals surface area contributed by atoms with Gasteiger partial charge in [-0.25, -0.2) is 8.78 Å². The molecule has 0 amide bonds. The second-order valence-corrected chi connectivity index (χ2v) is 4.12. The molecule has 3 atom stereocenters. The van der Waals surface area contributed by atoms with Crippen LogP contribution in [0.3, 0.4) is 0 Å². The Labute approximate surface area is 87.7 Å². The first-order chi connectivity index (χ1) is 7.15. The molecular formula is C12H14F2O. The first kappa shape index (κ1) is 10.6. The Bertz CT molecular complexity index is 365. The van der Waals surface area contributed by atoms with Gasteiger partial charge in [-0.2, -0.15) is 0 Å². The lowest BCUT2D eigenvalue weighted by Gasteiger charge is -2.41. The van der Waals surface area contributed by atoms with Crippen LogP contribution in [0.2, 0.25) is 0 Å². The molecule has 1 nitrogen and oxygen atoms in total. The normalized spacial score (nSPS) is 30.0. The summed E-state index contributed by atoms with van der Waals surface area (Å²) in [5.74, 6) is -1.52. The number of hydrogen-bond acceptors (Lipinski definition) is 1. The highest BCUT2D eigenvalue weighted by atomic mass is 19.2. The summed E-state index contributed by atoms with van der Waals surface area (Å²) in [6.45, 7) is 1.96. The zero-order chi connectivity index (χ0) is 11.0. The number of aliphatic hydroxyl groups is 1. The van der Waals surface area contributed by atoms with Crippen LogP contribution in [0.25, 0.3) is 0 Å². The SMILES string of the molecule is CCC1C(O)CC1c1cccc(F)c1F. The fraction of sp³-hybridized carbons (Fsp3) is 0.500. The van der Waals surface area contributed by atoms with Gasteiger partial charge in [0, 0.05) is 0 Å². The summed E-state index contributed by atoms with van der Waals surface area (Å²) in [7, 11) is 0. The predicted octanol–water partition coefficient (Wildman–Crippen LogP) is 2.84. The van der Waals surface area contributed by atoms with Crippen molar-refractivity contribution in [1.82, 2.24) is 0 Å². The van der Waals surface area contributed by atoms with Gasteiger partial charge < -0.3 is 5.11 Å². The number of hydrogen-bond donors (Lipinski definition) is 1. The van der Waals surface area contributed by atoms with E-state index < -0.39 is 11.6 Å². The minimum Gasteiger partial charge on any atom is -0.393 e. The molecule has 15 heavy (non-hydrogen) atoms. The van der Waals surface area contributed by atoms with Gasteiger partial charge in [-0.3, -0.25) is 0 Å². The van der Waals surface area contributed by atoms with Crippen LogP contribution in [0.1, 0.15) is 31.2 Å². The van der Waals surface area contributed by atoms with Crippen LogP contribution in [-0.4, -0.2) is 11.2 Å². The van der Waals surface area contributed by atoms with Crippen LogP contribution in [0.15, 0.2) is 18.2 Å². The molecule has 1 saturated carbocycles. The third kappa shape index (κ3) is 1.65. The quantitative estimate of drug-likeness (QED) is 0.799. The molecule has 1 N–H and O–H groups in total. The lowest BCUT2D eigenvalue weighted by molar-refractivity contribution is -0.00202. The Kier molecular flexibility index (Phi) is 2.74. The van der Waals surface area contributed by atoms with E-state index in [4.69, 9.17) is 0 Å². The molecule has 1 aromatic rings. The first-order valence-corrected chi connectivity index (χ1v) is 5.27. The van der Waals surface area contributed by atoms with Crippen molar-refractivity contribution in [3.63, 3.8) is 0 Å². The van der Waals surface area contributed by atoms with E-state index in [1.54, 1.807) is 6.07 Å². The molecular weight excluding hydrogens is 198 g/mol. The minimum atomic E-state index is -0.802. The van der Waals surface area contributed by atoms with E-state index in [-0.39, 0.29) is 17.9 Å². The van der Waals surface area contributed by atoms with E-state index in [9.17, 15) is 13.9 Å². The van der Waals surface area contributed by atoms with E-state index >= 15 is 0 Å². The van der Waals surface area contributed by atoms with E-state index in [2.05, 4.69) is 0 Å². The molecule has 1 fully saturated rings. The molecule has 1 aliphatic carbocycles. The fourth-order valence-electron chi connectivity index (χ4n) is 2.40.